The van der Waals surface area contributed by atoms with E-state index in [0.717, 1.165) is 25.9 Å². The van der Waals surface area contributed by atoms with Crippen molar-refractivity contribution in [2.24, 2.45) is 5.41 Å². The van der Waals surface area contributed by atoms with E-state index in [1.54, 1.807) is 0 Å². The van der Waals surface area contributed by atoms with Gasteiger partial charge in [-0.15, -0.1) is 0 Å². The van der Waals surface area contributed by atoms with Gasteiger partial charge in [-0.05, 0) is 39.3 Å². The molecule has 0 spiro atoms. The zero-order valence-electron chi connectivity index (χ0n) is 12.2. The van der Waals surface area contributed by atoms with Gasteiger partial charge in [-0.2, -0.15) is 0 Å². The normalized spacial score (nSPS) is 21.1. The van der Waals surface area contributed by atoms with Gasteiger partial charge in [-0.3, -0.25) is 9.59 Å². The molecule has 1 unspecified atom stereocenters. The van der Waals surface area contributed by atoms with Gasteiger partial charge in [0.15, 0.2) is 0 Å². The standard InChI is InChI=1S/C14H26N2O3/c1-4-14(5-2,13(18)19)9-12(17)15-11-7-6-8-16(3)10-11/h11H,4-10H2,1-3H3,(H,15,17)(H,18,19). The lowest BCUT2D eigenvalue weighted by Gasteiger charge is -2.32. The molecule has 19 heavy (non-hydrogen) atoms. The third kappa shape index (κ3) is 4.20. The highest BCUT2D eigenvalue weighted by Gasteiger charge is 2.37. The fraction of sp³-hybridized carbons (Fsp3) is 0.857. The molecule has 1 atom stereocenters. The van der Waals surface area contributed by atoms with Gasteiger partial charge in [0.05, 0.1) is 5.41 Å². The Morgan fingerprint density at radius 3 is 2.47 bits per heavy atom. The molecule has 5 heteroatoms. The van der Waals surface area contributed by atoms with Crippen molar-refractivity contribution in [3.05, 3.63) is 0 Å². The van der Waals surface area contributed by atoms with Crippen molar-refractivity contribution < 1.29 is 14.7 Å². The maximum atomic E-state index is 12.1. The molecule has 0 bridgehead atoms. The Balaban J connectivity index is 2.55. The van der Waals surface area contributed by atoms with Crippen LogP contribution in [-0.4, -0.2) is 48.1 Å². The Labute approximate surface area is 115 Å². The molecule has 1 aliphatic rings. The summed E-state index contributed by atoms with van der Waals surface area (Å²) in [6.07, 6.45) is 3.10. The van der Waals surface area contributed by atoms with E-state index in [4.69, 9.17) is 0 Å². The van der Waals surface area contributed by atoms with Crippen LogP contribution in [0, 0.1) is 5.41 Å². The van der Waals surface area contributed by atoms with Gasteiger partial charge < -0.3 is 15.3 Å². The average molecular weight is 270 g/mol. The second kappa shape index (κ2) is 6.89. The third-order valence-electron chi connectivity index (χ3n) is 4.30. The Bertz CT molecular complexity index is 327. The van der Waals surface area contributed by atoms with Gasteiger partial charge in [-0.25, -0.2) is 0 Å². The van der Waals surface area contributed by atoms with Crippen molar-refractivity contribution in [3.63, 3.8) is 0 Å². The summed E-state index contributed by atoms with van der Waals surface area (Å²) < 4.78 is 0. The number of nitrogens with zero attached hydrogens (tertiary/aromatic N) is 1. The molecule has 0 saturated carbocycles. The summed E-state index contributed by atoms with van der Waals surface area (Å²) in [5.74, 6) is -1.00. The maximum Gasteiger partial charge on any atom is 0.310 e. The largest absolute Gasteiger partial charge is 0.481 e. The van der Waals surface area contributed by atoms with Gasteiger partial charge in [-0.1, -0.05) is 13.8 Å². The number of carboxylic acids is 1. The lowest BCUT2D eigenvalue weighted by molar-refractivity contribution is -0.152. The summed E-state index contributed by atoms with van der Waals surface area (Å²) in [7, 11) is 2.04. The first-order valence-electron chi connectivity index (χ1n) is 7.15. The molecule has 1 heterocycles. The zero-order valence-corrected chi connectivity index (χ0v) is 12.2. The molecule has 0 aromatic heterocycles. The Kier molecular flexibility index (Phi) is 5.79. The van der Waals surface area contributed by atoms with E-state index in [1.165, 1.54) is 0 Å². The Hall–Kier alpha value is -1.10. The fourth-order valence-electron chi connectivity index (χ4n) is 2.75. The number of hydrogen-bond donors (Lipinski definition) is 2. The number of hydrogen-bond acceptors (Lipinski definition) is 3. The molecule has 1 saturated heterocycles. The van der Waals surface area contributed by atoms with Crippen molar-refractivity contribution in [2.75, 3.05) is 20.1 Å². The SMILES string of the molecule is CCC(CC)(CC(=O)NC1CCCN(C)C1)C(=O)O. The van der Waals surface area contributed by atoms with Gasteiger partial charge in [0, 0.05) is 19.0 Å². The number of nitrogens with one attached hydrogen (secondary N) is 1. The lowest BCUT2D eigenvalue weighted by atomic mass is 9.79. The minimum atomic E-state index is -0.912. The Morgan fingerprint density at radius 1 is 1.37 bits per heavy atom. The quantitative estimate of drug-likeness (QED) is 0.767. The molecular formula is C14H26N2O3. The highest BCUT2D eigenvalue weighted by Crippen LogP contribution is 2.31. The van der Waals surface area contributed by atoms with Crippen molar-refractivity contribution in [1.82, 2.24) is 10.2 Å². The second-order valence-electron chi connectivity index (χ2n) is 5.64. The van der Waals surface area contributed by atoms with Gasteiger partial charge in [0.2, 0.25) is 5.91 Å². The van der Waals surface area contributed by atoms with E-state index in [0.29, 0.717) is 12.8 Å². The number of likely N-dealkylation sites (N-methyl/N-ethyl adjacent to an activating group) is 1. The summed E-state index contributed by atoms with van der Waals surface area (Å²) >= 11 is 0. The van der Waals surface area contributed by atoms with Crippen LogP contribution >= 0.6 is 0 Å². The molecule has 0 radical (unpaired) electrons. The summed E-state index contributed by atoms with van der Waals surface area (Å²) in [6, 6.07) is 0.159. The smallest absolute Gasteiger partial charge is 0.310 e. The molecule has 110 valence electrons. The van der Waals surface area contributed by atoms with Gasteiger partial charge >= 0.3 is 5.97 Å². The predicted molar refractivity (Wildman–Crippen MR) is 73.9 cm³/mol. The van der Waals surface area contributed by atoms with Crippen molar-refractivity contribution in [2.45, 2.75) is 52.0 Å². The first-order chi connectivity index (χ1) is 8.93. The topological polar surface area (TPSA) is 69.6 Å². The number of carbonyl (C=O) groups is 2. The molecule has 0 aliphatic carbocycles. The van der Waals surface area contributed by atoms with Crippen LogP contribution in [0.25, 0.3) is 0 Å². The van der Waals surface area contributed by atoms with Crippen LogP contribution in [0.5, 0.6) is 0 Å². The van der Waals surface area contributed by atoms with Crippen molar-refractivity contribution in [3.8, 4) is 0 Å². The first-order valence-corrected chi connectivity index (χ1v) is 7.15. The number of amides is 1. The van der Waals surface area contributed by atoms with Crippen LogP contribution < -0.4 is 5.32 Å². The summed E-state index contributed by atoms with van der Waals surface area (Å²) in [6.45, 7) is 5.58. The number of carboxylic acid groups (broad SMARTS) is 1. The highest BCUT2D eigenvalue weighted by molar-refractivity contribution is 5.85. The van der Waals surface area contributed by atoms with Crippen LogP contribution in [0.1, 0.15) is 46.0 Å². The molecule has 1 aliphatic heterocycles. The zero-order chi connectivity index (χ0) is 14.5. The van der Waals surface area contributed by atoms with Crippen molar-refractivity contribution >= 4 is 11.9 Å². The molecule has 0 aromatic carbocycles. The van der Waals surface area contributed by atoms with Crippen LogP contribution in [0.15, 0.2) is 0 Å². The van der Waals surface area contributed by atoms with E-state index in [9.17, 15) is 14.7 Å². The van der Waals surface area contributed by atoms with E-state index >= 15 is 0 Å². The monoisotopic (exact) mass is 270 g/mol. The van der Waals surface area contributed by atoms with E-state index in [-0.39, 0.29) is 18.4 Å². The van der Waals surface area contributed by atoms with Crippen LogP contribution in [0.3, 0.4) is 0 Å². The molecule has 1 fully saturated rings. The molecule has 2 N–H and O–H groups in total. The average Bonchev–Trinajstić information content (AvgIpc) is 2.35. The number of likely N-dealkylation sites (tertiary alicyclic amines) is 1. The minimum absolute atomic E-state index is 0.0789. The summed E-state index contributed by atoms with van der Waals surface area (Å²) in [5, 5.41) is 12.3. The molecule has 1 rings (SSSR count). The van der Waals surface area contributed by atoms with Crippen molar-refractivity contribution in [1.29, 1.82) is 0 Å². The minimum Gasteiger partial charge on any atom is -0.481 e. The van der Waals surface area contributed by atoms with Gasteiger partial charge in [0.1, 0.15) is 0 Å². The summed E-state index contributed by atoms with van der Waals surface area (Å²) in [4.78, 5) is 25.6. The number of carbonyl (C=O) groups excluding carboxylic acids is 1. The number of aliphatic carboxylic acids is 1. The lowest BCUT2D eigenvalue weighted by Crippen LogP contribution is -2.48. The third-order valence-corrected chi connectivity index (χ3v) is 4.30. The highest BCUT2D eigenvalue weighted by atomic mass is 16.4. The van der Waals surface area contributed by atoms with Crippen LogP contribution in [-0.2, 0) is 9.59 Å². The van der Waals surface area contributed by atoms with E-state index < -0.39 is 11.4 Å². The molecule has 1 amide bonds. The summed E-state index contributed by atoms with van der Waals surface area (Å²) in [5.41, 5.74) is -0.912. The maximum absolute atomic E-state index is 12.1. The second-order valence-corrected chi connectivity index (χ2v) is 5.64. The van der Waals surface area contributed by atoms with Gasteiger partial charge in [0.25, 0.3) is 0 Å². The fourth-order valence-corrected chi connectivity index (χ4v) is 2.75. The molecular weight excluding hydrogens is 244 g/mol. The number of piperidine rings is 1. The first kappa shape index (κ1) is 16.0. The Morgan fingerprint density at radius 2 is 2.00 bits per heavy atom. The van der Waals surface area contributed by atoms with Crippen LogP contribution in [0.2, 0.25) is 0 Å². The van der Waals surface area contributed by atoms with E-state index in [1.807, 2.05) is 20.9 Å². The number of rotatable bonds is 6. The van der Waals surface area contributed by atoms with E-state index in [2.05, 4.69) is 10.2 Å². The molecule has 0 aromatic rings. The molecule has 5 nitrogen and oxygen atoms in total. The predicted octanol–water partition coefficient (Wildman–Crippen LogP) is 1.48. The van der Waals surface area contributed by atoms with Crippen LogP contribution in [0.4, 0.5) is 0 Å².